The summed E-state index contributed by atoms with van der Waals surface area (Å²) in [5, 5.41) is 0. The number of hydrogen-bond acceptors (Lipinski definition) is 1. The third kappa shape index (κ3) is 1.78. The van der Waals surface area contributed by atoms with E-state index in [-0.39, 0.29) is 5.41 Å². The molecule has 1 aromatic carbocycles. The summed E-state index contributed by atoms with van der Waals surface area (Å²) >= 11 is -0.793. The Balaban J connectivity index is 2.13. The van der Waals surface area contributed by atoms with E-state index in [0.29, 0.717) is 5.78 Å². The van der Waals surface area contributed by atoms with Crippen LogP contribution in [0.5, 0.6) is 0 Å². The van der Waals surface area contributed by atoms with Gasteiger partial charge in [0.05, 0.1) is 0 Å². The van der Waals surface area contributed by atoms with Crippen LogP contribution in [0.1, 0.15) is 13.8 Å². The van der Waals surface area contributed by atoms with E-state index >= 15 is 0 Å². The van der Waals surface area contributed by atoms with Crippen LogP contribution in [0.2, 0.25) is 0 Å². The number of rotatable bonds is 2. The van der Waals surface area contributed by atoms with Gasteiger partial charge < -0.3 is 0 Å². The van der Waals surface area contributed by atoms with Crippen molar-refractivity contribution in [3.05, 3.63) is 40.0 Å². The van der Waals surface area contributed by atoms with E-state index in [4.69, 9.17) is 0 Å². The third-order valence-electron chi connectivity index (χ3n) is 2.39. The van der Waals surface area contributed by atoms with Gasteiger partial charge in [0.15, 0.2) is 0 Å². The fourth-order valence-corrected chi connectivity index (χ4v) is 5.92. The molecule has 2 rings (SSSR count). The molecular formula is C12H12OSn. The topological polar surface area (TPSA) is 17.1 Å². The Hall–Kier alpha value is -0.571. The minimum atomic E-state index is -0.793. The van der Waals surface area contributed by atoms with Gasteiger partial charge in [0.1, 0.15) is 0 Å². The Labute approximate surface area is 94.4 Å². The molecule has 0 aromatic heterocycles. The van der Waals surface area contributed by atoms with Gasteiger partial charge in [-0.25, -0.2) is 0 Å². The summed E-state index contributed by atoms with van der Waals surface area (Å²) in [6.07, 6.45) is 2.15. The standard InChI is InChI=1S/C6H7O.C6H5.Sn/c1-6(2)4-3-5(6)7;1-2-4-6-5-3-1;/h4H,1-2H3;1-5H;. The zero-order valence-electron chi connectivity index (χ0n) is 8.37. The zero-order valence-corrected chi connectivity index (χ0v) is 11.2. The quantitative estimate of drug-likeness (QED) is 0.755. The van der Waals surface area contributed by atoms with Gasteiger partial charge in [-0.15, -0.1) is 0 Å². The number of allylic oxidation sites excluding steroid dienone is 2. The molecule has 0 saturated carbocycles. The fourth-order valence-electron chi connectivity index (χ4n) is 1.53. The van der Waals surface area contributed by atoms with Crippen molar-refractivity contribution in [2.75, 3.05) is 0 Å². The van der Waals surface area contributed by atoms with Crippen molar-refractivity contribution in [3.8, 4) is 0 Å². The molecule has 2 radical (unpaired) electrons. The van der Waals surface area contributed by atoms with Crippen LogP contribution in [0.25, 0.3) is 0 Å². The Morgan fingerprint density at radius 2 is 1.79 bits per heavy atom. The van der Waals surface area contributed by atoms with Crippen molar-refractivity contribution in [1.29, 1.82) is 0 Å². The average molecular weight is 291 g/mol. The van der Waals surface area contributed by atoms with Crippen molar-refractivity contribution in [2.45, 2.75) is 13.8 Å². The van der Waals surface area contributed by atoms with Gasteiger partial charge in [0.2, 0.25) is 0 Å². The van der Waals surface area contributed by atoms with E-state index in [2.05, 4.69) is 18.2 Å². The summed E-state index contributed by atoms with van der Waals surface area (Å²) in [4.78, 5) is 11.7. The first-order chi connectivity index (χ1) is 6.59. The average Bonchev–Trinajstić information content (AvgIpc) is 2.18. The molecule has 0 fully saturated rings. The van der Waals surface area contributed by atoms with E-state index in [1.807, 2.05) is 32.0 Å². The molecule has 1 nitrogen and oxygen atoms in total. The summed E-state index contributed by atoms with van der Waals surface area (Å²) in [5.74, 6) is 0.368. The molecule has 0 unspecified atom stereocenters. The van der Waals surface area contributed by atoms with Gasteiger partial charge in [-0.05, 0) is 0 Å². The number of ketones is 1. The Kier molecular flexibility index (Phi) is 2.52. The van der Waals surface area contributed by atoms with Crippen molar-refractivity contribution < 1.29 is 4.79 Å². The van der Waals surface area contributed by atoms with Crippen LogP contribution in [0.4, 0.5) is 0 Å². The van der Waals surface area contributed by atoms with Gasteiger partial charge in [-0.2, -0.15) is 0 Å². The van der Waals surface area contributed by atoms with Crippen LogP contribution in [0, 0.1) is 5.41 Å². The monoisotopic (exact) mass is 292 g/mol. The second kappa shape index (κ2) is 3.54. The molecular weight excluding hydrogens is 279 g/mol. The van der Waals surface area contributed by atoms with E-state index in [1.165, 1.54) is 3.58 Å². The molecule has 14 heavy (non-hydrogen) atoms. The first-order valence-electron chi connectivity index (χ1n) is 4.69. The van der Waals surface area contributed by atoms with Crippen LogP contribution in [0.15, 0.2) is 40.0 Å². The molecule has 1 aromatic rings. The molecule has 0 bridgehead atoms. The van der Waals surface area contributed by atoms with Gasteiger partial charge in [-0.1, -0.05) is 0 Å². The van der Waals surface area contributed by atoms with Crippen LogP contribution in [-0.4, -0.2) is 26.9 Å². The van der Waals surface area contributed by atoms with E-state index in [0.717, 1.165) is 3.59 Å². The summed E-state index contributed by atoms with van der Waals surface area (Å²) in [7, 11) is 0. The summed E-state index contributed by atoms with van der Waals surface area (Å²) in [6, 6.07) is 10.4. The molecule has 0 heterocycles. The number of hydrogen-bond donors (Lipinski definition) is 0. The maximum atomic E-state index is 11.7. The summed E-state index contributed by atoms with van der Waals surface area (Å²) in [5.41, 5.74) is -0.176. The van der Waals surface area contributed by atoms with Crippen LogP contribution < -0.4 is 3.58 Å². The normalized spacial score (nSPS) is 18.7. The predicted molar refractivity (Wildman–Crippen MR) is 58.7 cm³/mol. The van der Waals surface area contributed by atoms with Gasteiger partial charge in [0, 0.05) is 0 Å². The minimum absolute atomic E-state index is 0.176. The van der Waals surface area contributed by atoms with E-state index in [1.54, 1.807) is 0 Å². The molecule has 0 saturated heterocycles. The van der Waals surface area contributed by atoms with Gasteiger partial charge >= 0.3 is 94.6 Å². The fraction of sp³-hybridized carbons (Fsp3) is 0.250. The third-order valence-corrected chi connectivity index (χ3v) is 5.99. The Morgan fingerprint density at radius 1 is 1.14 bits per heavy atom. The summed E-state index contributed by atoms with van der Waals surface area (Å²) in [6.45, 7) is 3.98. The van der Waals surface area contributed by atoms with Gasteiger partial charge in [0.25, 0.3) is 0 Å². The molecule has 70 valence electrons. The molecule has 1 aliphatic rings. The predicted octanol–water partition coefficient (Wildman–Crippen LogP) is 1.51. The second-order valence-electron chi connectivity index (χ2n) is 4.10. The maximum absolute atomic E-state index is 11.7. The summed E-state index contributed by atoms with van der Waals surface area (Å²) < 4.78 is 2.51. The number of Topliss-reactive ketones (excluding diaryl/α,β-unsaturated/α-hetero) is 1. The van der Waals surface area contributed by atoms with Crippen molar-refractivity contribution in [1.82, 2.24) is 0 Å². The molecule has 0 spiro atoms. The van der Waals surface area contributed by atoms with Crippen molar-refractivity contribution in [2.24, 2.45) is 5.41 Å². The van der Waals surface area contributed by atoms with Crippen LogP contribution in [0.3, 0.4) is 0 Å². The first-order valence-corrected chi connectivity index (χ1v) is 7.55. The van der Waals surface area contributed by atoms with E-state index < -0.39 is 21.1 Å². The first kappa shape index (κ1) is 9.96. The molecule has 0 N–H and O–H groups in total. The Bertz CT molecular complexity index is 390. The van der Waals surface area contributed by atoms with Crippen molar-refractivity contribution >= 4 is 30.5 Å². The zero-order chi connectivity index (χ0) is 10.2. The molecule has 0 amide bonds. The second-order valence-corrected chi connectivity index (χ2v) is 8.00. The van der Waals surface area contributed by atoms with Crippen LogP contribution >= 0.6 is 0 Å². The number of benzene rings is 1. The number of carbonyl (C=O) groups excluding carboxylic acids is 1. The molecule has 0 atom stereocenters. The van der Waals surface area contributed by atoms with E-state index in [9.17, 15) is 4.79 Å². The molecule has 2 heteroatoms. The number of carbonyl (C=O) groups is 1. The molecule has 1 aliphatic carbocycles. The molecule has 0 aliphatic heterocycles. The van der Waals surface area contributed by atoms with Crippen molar-refractivity contribution in [3.63, 3.8) is 0 Å². The Morgan fingerprint density at radius 3 is 2.29 bits per heavy atom. The van der Waals surface area contributed by atoms with Gasteiger partial charge in [-0.3, -0.25) is 0 Å². The van der Waals surface area contributed by atoms with Crippen LogP contribution in [-0.2, 0) is 4.79 Å². The SMILES string of the molecule is CC1(C)C=[C]([Sn][c]2ccccc2)C1=O.